The summed E-state index contributed by atoms with van der Waals surface area (Å²) >= 11 is 0. The molecule has 0 saturated carbocycles. The van der Waals surface area contributed by atoms with E-state index in [2.05, 4.69) is 22.9 Å². The molecule has 2 rings (SSSR count). The van der Waals surface area contributed by atoms with Gasteiger partial charge in [0, 0.05) is 11.8 Å². The molecule has 0 bridgehead atoms. The van der Waals surface area contributed by atoms with Gasteiger partial charge in [-0.25, -0.2) is 4.98 Å². The van der Waals surface area contributed by atoms with Gasteiger partial charge in [-0.3, -0.25) is 0 Å². The minimum atomic E-state index is 0.792. The Kier molecular flexibility index (Phi) is 2.59. The van der Waals surface area contributed by atoms with Crippen LogP contribution in [0.15, 0.2) is 48.7 Å². The first kappa shape index (κ1) is 8.52. The summed E-state index contributed by atoms with van der Waals surface area (Å²) in [4.78, 5) is 4.11. The van der Waals surface area contributed by atoms with Crippen LogP contribution in [0.25, 0.3) is 0 Å². The monoisotopic (exact) mass is 178 g/mol. The third kappa shape index (κ3) is 2.21. The molecule has 1 aromatic heterocycles. The molecule has 1 heterocycles. The minimum Gasteiger partial charge on any atom is -0.248 e. The van der Waals surface area contributed by atoms with Gasteiger partial charge < -0.3 is 0 Å². The maximum Gasteiger partial charge on any atom is 0.113 e. The van der Waals surface area contributed by atoms with E-state index in [0.29, 0.717) is 0 Å². The highest BCUT2D eigenvalue weighted by Crippen LogP contribution is 1.96. The van der Waals surface area contributed by atoms with E-state index in [9.17, 15) is 0 Å². The Morgan fingerprint density at radius 3 is 2.57 bits per heavy atom. The highest BCUT2D eigenvalue weighted by Gasteiger charge is 1.84. The topological polar surface area (TPSA) is 12.9 Å². The highest BCUT2D eigenvalue weighted by molar-refractivity contribution is 5.39. The summed E-state index contributed by atoms with van der Waals surface area (Å²) in [6.45, 7) is 0. The molecule has 1 heteroatoms. The Morgan fingerprint density at radius 2 is 1.86 bits per heavy atom. The van der Waals surface area contributed by atoms with E-state index in [-0.39, 0.29) is 0 Å². The maximum absolute atomic E-state index is 4.11. The van der Waals surface area contributed by atoms with Crippen LogP contribution in [0.1, 0.15) is 11.3 Å². The molecule has 14 heavy (non-hydrogen) atoms. The van der Waals surface area contributed by atoms with Crippen molar-refractivity contribution in [2.24, 2.45) is 0 Å². The van der Waals surface area contributed by atoms with Crippen LogP contribution in [0.2, 0.25) is 0 Å². The summed E-state index contributed by atoms with van der Waals surface area (Å²) in [5, 5.41) is 0. The van der Waals surface area contributed by atoms with E-state index in [1.165, 1.54) is 0 Å². The zero-order valence-electron chi connectivity index (χ0n) is 7.57. The van der Waals surface area contributed by atoms with Crippen molar-refractivity contribution in [2.45, 2.75) is 0 Å². The number of nitrogens with zero attached hydrogens (tertiary/aromatic N) is 1. The van der Waals surface area contributed by atoms with Crippen molar-refractivity contribution in [3.8, 4) is 11.8 Å². The van der Waals surface area contributed by atoms with Crippen LogP contribution in [-0.4, -0.2) is 4.98 Å². The van der Waals surface area contributed by atoms with Gasteiger partial charge in [0.25, 0.3) is 0 Å². The minimum absolute atomic E-state index is 0.792. The van der Waals surface area contributed by atoms with E-state index >= 15 is 0 Å². The zero-order valence-corrected chi connectivity index (χ0v) is 7.57. The van der Waals surface area contributed by atoms with Gasteiger partial charge in [-0.05, 0) is 36.3 Å². The fourth-order valence-corrected chi connectivity index (χ4v) is 1.04. The Bertz CT molecular complexity index is 405. The average molecular weight is 178 g/mol. The Labute approximate surface area is 83.4 Å². The third-order valence-corrected chi connectivity index (χ3v) is 1.72. The number of hydrogen-bond acceptors (Lipinski definition) is 1. The normalized spacial score (nSPS) is 8.86. The summed E-state index contributed by atoms with van der Waals surface area (Å²) in [6.07, 6.45) is 1.74. The molecule has 1 aromatic carbocycles. The maximum atomic E-state index is 4.11. The van der Waals surface area contributed by atoms with Gasteiger partial charge in [-0.2, -0.15) is 0 Å². The fourth-order valence-electron chi connectivity index (χ4n) is 1.04. The van der Waals surface area contributed by atoms with Crippen LogP contribution in [0.4, 0.5) is 0 Å². The second kappa shape index (κ2) is 4.25. The number of hydrogen-bond donors (Lipinski definition) is 0. The molecule has 0 amide bonds. The third-order valence-electron chi connectivity index (χ3n) is 1.72. The predicted molar refractivity (Wildman–Crippen MR) is 55.5 cm³/mol. The fraction of sp³-hybridized carbons (Fsp3) is 0. The smallest absolute Gasteiger partial charge is 0.113 e. The molecular formula is C13H8N. The summed E-state index contributed by atoms with van der Waals surface area (Å²) < 4.78 is 0. The van der Waals surface area contributed by atoms with Gasteiger partial charge in [0.05, 0.1) is 0 Å². The molecular weight excluding hydrogens is 170 g/mol. The second-order valence-corrected chi connectivity index (χ2v) is 2.75. The van der Waals surface area contributed by atoms with Gasteiger partial charge in [0.1, 0.15) is 5.69 Å². The van der Waals surface area contributed by atoms with Gasteiger partial charge in [0.15, 0.2) is 0 Å². The summed E-state index contributed by atoms with van der Waals surface area (Å²) in [7, 11) is 0. The standard InChI is InChI=1S/C13H8N/c1-2-6-12(7-3-1)9-10-13-8-4-5-11-14-13/h2-8,11H. The zero-order chi connectivity index (χ0) is 9.64. The number of benzene rings is 1. The average Bonchev–Trinajstić information content (AvgIpc) is 2.29. The van der Waals surface area contributed by atoms with Crippen molar-refractivity contribution in [1.29, 1.82) is 0 Å². The van der Waals surface area contributed by atoms with Crippen molar-refractivity contribution < 1.29 is 0 Å². The number of aromatic nitrogens is 1. The lowest BCUT2D eigenvalue weighted by Crippen LogP contribution is -1.78. The van der Waals surface area contributed by atoms with Crippen molar-refractivity contribution in [3.63, 3.8) is 0 Å². The van der Waals surface area contributed by atoms with Gasteiger partial charge in [-0.15, -0.1) is 0 Å². The Balaban J connectivity index is 2.24. The van der Waals surface area contributed by atoms with Crippen LogP contribution in [0.5, 0.6) is 0 Å². The van der Waals surface area contributed by atoms with Gasteiger partial charge in [-0.1, -0.05) is 24.1 Å². The quantitative estimate of drug-likeness (QED) is 0.564. The first-order valence-corrected chi connectivity index (χ1v) is 4.34. The highest BCUT2D eigenvalue weighted by atomic mass is 14.6. The summed E-state index contributed by atoms with van der Waals surface area (Å²) in [5.74, 6) is 6.01. The van der Waals surface area contributed by atoms with Crippen LogP contribution < -0.4 is 0 Å². The SMILES string of the molecule is C(#Cc1ccccn1)c1cc[c]cc1. The number of rotatable bonds is 0. The molecule has 1 nitrogen and oxygen atoms in total. The summed E-state index contributed by atoms with van der Waals surface area (Å²) in [5.41, 5.74) is 1.77. The van der Waals surface area contributed by atoms with Crippen molar-refractivity contribution in [2.75, 3.05) is 0 Å². The Morgan fingerprint density at radius 1 is 1.00 bits per heavy atom. The first-order valence-electron chi connectivity index (χ1n) is 4.34. The molecule has 2 aromatic rings. The van der Waals surface area contributed by atoms with Crippen LogP contribution in [0.3, 0.4) is 0 Å². The van der Waals surface area contributed by atoms with Gasteiger partial charge in [0.2, 0.25) is 0 Å². The van der Waals surface area contributed by atoms with Crippen molar-refractivity contribution in [1.82, 2.24) is 4.98 Å². The molecule has 0 spiro atoms. The molecule has 0 saturated heterocycles. The molecule has 65 valence electrons. The first-order chi connectivity index (χ1) is 6.95. The molecule has 0 unspecified atom stereocenters. The van der Waals surface area contributed by atoms with E-state index in [0.717, 1.165) is 11.3 Å². The molecule has 0 atom stereocenters. The molecule has 0 aliphatic rings. The Hall–Kier alpha value is -2.07. The van der Waals surface area contributed by atoms with Crippen molar-refractivity contribution >= 4 is 0 Å². The predicted octanol–water partition coefficient (Wildman–Crippen LogP) is 2.28. The molecule has 0 fully saturated rings. The largest absolute Gasteiger partial charge is 0.248 e. The lowest BCUT2D eigenvalue weighted by molar-refractivity contribution is 1.29. The lowest BCUT2D eigenvalue weighted by atomic mass is 10.2. The molecule has 0 aliphatic carbocycles. The van der Waals surface area contributed by atoms with Gasteiger partial charge >= 0.3 is 0 Å². The van der Waals surface area contributed by atoms with E-state index in [1.807, 2.05) is 42.5 Å². The summed E-state index contributed by atoms with van der Waals surface area (Å²) in [6, 6.07) is 16.2. The molecule has 0 aliphatic heterocycles. The molecule has 0 N–H and O–H groups in total. The van der Waals surface area contributed by atoms with E-state index in [1.54, 1.807) is 6.20 Å². The second-order valence-electron chi connectivity index (χ2n) is 2.75. The number of pyridine rings is 1. The lowest BCUT2D eigenvalue weighted by Gasteiger charge is -1.87. The van der Waals surface area contributed by atoms with Crippen LogP contribution >= 0.6 is 0 Å². The van der Waals surface area contributed by atoms with Crippen LogP contribution in [-0.2, 0) is 0 Å². The van der Waals surface area contributed by atoms with Crippen molar-refractivity contribution in [3.05, 3.63) is 66.0 Å². The van der Waals surface area contributed by atoms with E-state index in [4.69, 9.17) is 0 Å². The van der Waals surface area contributed by atoms with E-state index < -0.39 is 0 Å². The molecule has 1 radical (unpaired) electrons. The van der Waals surface area contributed by atoms with Crippen LogP contribution in [0, 0.1) is 17.9 Å².